The van der Waals surface area contributed by atoms with Crippen molar-refractivity contribution in [2.45, 2.75) is 32.4 Å². The molecule has 1 aromatic heterocycles. The van der Waals surface area contributed by atoms with Gasteiger partial charge in [0, 0.05) is 44.4 Å². The van der Waals surface area contributed by atoms with Crippen molar-refractivity contribution < 1.29 is 4.74 Å². The SMILES string of the molecule is CN=C(NCc1ccc(NCCOC)cc1)NCC(c1cccs1)N1CCC(C)CC1.I. The zero-order valence-electron chi connectivity index (χ0n) is 19.5. The minimum Gasteiger partial charge on any atom is -0.383 e. The molecule has 178 valence electrons. The Morgan fingerprint density at radius 3 is 2.56 bits per heavy atom. The molecule has 1 aliphatic heterocycles. The summed E-state index contributed by atoms with van der Waals surface area (Å²) < 4.78 is 5.08. The minimum absolute atomic E-state index is 0. The molecule has 0 spiro atoms. The standard InChI is InChI=1S/C24H37N5OS.HI/c1-19-10-13-29(14-11-19)22(23-5-4-16-31-23)18-28-24(25-2)27-17-20-6-8-21(9-7-20)26-12-15-30-3;/h4-9,16,19,22,26H,10-15,17-18H2,1-3H3,(H2,25,27,28);1H. The van der Waals surface area contributed by atoms with Gasteiger partial charge in [0.15, 0.2) is 5.96 Å². The van der Waals surface area contributed by atoms with Gasteiger partial charge < -0.3 is 20.7 Å². The summed E-state index contributed by atoms with van der Waals surface area (Å²) in [5, 5.41) is 12.5. The van der Waals surface area contributed by atoms with Gasteiger partial charge in [-0.2, -0.15) is 0 Å². The van der Waals surface area contributed by atoms with Crippen LogP contribution in [0.3, 0.4) is 0 Å². The predicted molar refractivity (Wildman–Crippen MR) is 147 cm³/mol. The van der Waals surface area contributed by atoms with Gasteiger partial charge >= 0.3 is 0 Å². The highest BCUT2D eigenvalue weighted by molar-refractivity contribution is 14.0. The molecule has 2 heterocycles. The number of nitrogens with one attached hydrogen (secondary N) is 3. The number of benzene rings is 1. The zero-order valence-corrected chi connectivity index (χ0v) is 22.6. The van der Waals surface area contributed by atoms with Crippen LogP contribution >= 0.6 is 35.3 Å². The number of rotatable bonds is 10. The largest absolute Gasteiger partial charge is 0.383 e. The van der Waals surface area contributed by atoms with E-state index in [9.17, 15) is 0 Å². The summed E-state index contributed by atoms with van der Waals surface area (Å²) in [7, 11) is 3.55. The van der Waals surface area contributed by atoms with Crippen molar-refractivity contribution in [3.05, 3.63) is 52.2 Å². The van der Waals surface area contributed by atoms with Gasteiger partial charge in [-0.15, -0.1) is 35.3 Å². The molecule has 1 unspecified atom stereocenters. The highest BCUT2D eigenvalue weighted by Gasteiger charge is 2.25. The number of likely N-dealkylation sites (tertiary alicyclic amines) is 1. The smallest absolute Gasteiger partial charge is 0.191 e. The average Bonchev–Trinajstić information content (AvgIpc) is 3.33. The van der Waals surface area contributed by atoms with Crippen LogP contribution in [0.25, 0.3) is 0 Å². The van der Waals surface area contributed by atoms with Crippen molar-refractivity contribution in [1.82, 2.24) is 15.5 Å². The third-order valence-corrected chi connectivity index (χ3v) is 6.84. The van der Waals surface area contributed by atoms with Crippen LogP contribution in [0, 0.1) is 5.92 Å². The first-order chi connectivity index (χ1) is 15.2. The lowest BCUT2D eigenvalue weighted by atomic mass is 9.97. The molecule has 3 rings (SSSR count). The molecule has 0 saturated carbocycles. The van der Waals surface area contributed by atoms with Gasteiger partial charge in [-0.3, -0.25) is 9.89 Å². The van der Waals surface area contributed by atoms with E-state index in [0.717, 1.165) is 37.2 Å². The molecule has 1 aromatic carbocycles. The lowest BCUT2D eigenvalue weighted by Crippen LogP contribution is -2.44. The molecular weight excluding hydrogens is 533 g/mol. The van der Waals surface area contributed by atoms with Gasteiger partial charge in [-0.05, 0) is 61.0 Å². The summed E-state index contributed by atoms with van der Waals surface area (Å²) in [5.74, 6) is 1.68. The summed E-state index contributed by atoms with van der Waals surface area (Å²) >= 11 is 1.85. The van der Waals surface area contributed by atoms with Crippen molar-refractivity contribution in [1.29, 1.82) is 0 Å². The van der Waals surface area contributed by atoms with Crippen LogP contribution in [-0.4, -0.2) is 57.8 Å². The van der Waals surface area contributed by atoms with E-state index in [-0.39, 0.29) is 24.0 Å². The van der Waals surface area contributed by atoms with Crippen LogP contribution in [0.1, 0.15) is 36.2 Å². The van der Waals surface area contributed by atoms with E-state index in [0.29, 0.717) is 12.6 Å². The lowest BCUT2D eigenvalue weighted by molar-refractivity contribution is 0.140. The van der Waals surface area contributed by atoms with Crippen molar-refractivity contribution >= 4 is 47.0 Å². The molecule has 1 aliphatic rings. The first-order valence-electron chi connectivity index (χ1n) is 11.2. The zero-order chi connectivity index (χ0) is 21.9. The lowest BCUT2D eigenvalue weighted by Gasteiger charge is -2.36. The highest BCUT2D eigenvalue weighted by atomic mass is 127. The summed E-state index contributed by atoms with van der Waals surface area (Å²) in [6, 6.07) is 13.3. The van der Waals surface area contributed by atoms with Crippen LogP contribution in [0.2, 0.25) is 0 Å². The van der Waals surface area contributed by atoms with Crippen LogP contribution in [0.4, 0.5) is 5.69 Å². The Morgan fingerprint density at radius 2 is 1.94 bits per heavy atom. The number of hydrogen-bond acceptors (Lipinski definition) is 5. The normalized spacial score (nSPS) is 16.3. The van der Waals surface area contributed by atoms with Gasteiger partial charge in [-0.25, -0.2) is 0 Å². The molecule has 2 aromatic rings. The third-order valence-electron chi connectivity index (χ3n) is 5.87. The molecule has 32 heavy (non-hydrogen) atoms. The predicted octanol–water partition coefficient (Wildman–Crippen LogP) is 4.56. The number of ether oxygens (including phenoxy) is 1. The summed E-state index contributed by atoms with van der Waals surface area (Å²) in [6.07, 6.45) is 2.57. The van der Waals surface area contributed by atoms with Crippen molar-refractivity contribution in [3.8, 4) is 0 Å². The van der Waals surface area contributed by atoms with Gasteiger partial charge in [0.1, 0.15) is 0 Å². The minimum atomic E-state index is 0. The Kier molecular flexibility index (Phi) is 12.4. The summed E-state index contributed by atoms with van der Waals surface area (Å²) in [4.78, 5) is 8.49. The molecule has 1 saturated heterocycles. The number of guanidine groups is 1. The van der Waals surface area contributed by atoms with E-state index in [1.54, 1.807) is 7.11 Å². The molecule has 0 radical (unpaired) electrons. The Bertz CT molecular complexity index is 776. The van der Waals surface area contributed by atoms with Crippen LogP contribution in [0.5, 0.6) is 0 Å². The molecular formula is C24H38IN5OS. The van der Waals surface area contributed by atoms with Crippen LogP contribution in [0.15, 0.2) is 46.8 Å². The van der Waals surface area contributed by atoms with Gasteiger partial charge in [0.25, 0.3) is 0 Å². The Labute approximate surface area is 214 Å². The van der Waals surface area contributed by atoms with E-state index in [1.165, 1.54) is 36.4 Å². The topological polar surface area (TPSA) is 60.9 Å². The quantitative estimate of drug-likeness (QED) is 0.169. The molecule has 0 bridgehead atoms. The highest BCUT2D eigenvalue weighted by Crippen LogP contribution is 2.29. The first kappa shape index (κ1) is 26.9. The number of halogens is 1. The molecule has 0 aliphatic carbocycles. The second kappa shape index (κ2) is 14.7. The van der Waals surface area contributed by atoms with Gasteiger partial charge in [0.05, 0.1) is 12.6 Å². The number of hydrogen-bond donors (Lipinski definition) is 3. The fraction of sp³-hybridized carbons (Fsp3) is 0.542. The number of methoxy groups -OCH3 is 1. The Balaban J connectivity index is 0.00000363. The van der Waals surface area contributed by atoms with E-state index >= 15 is 0 Å². The maximum atomic E-state index is 5.08. The maximum Gasteiger partial charge on any atom is 0.191 e. The average molecular weight is 572 g/mol. The number of thiophene rings is 1. The molecule has 1 fully saturated rings. The summed E-state index contributed by atoms with van der Waals surface area (Å²) in [5.41, 5.74) is 2.33. The number of piperidine rings is 1. The fourth-order valence-electron chi connectivity index (χ4n) is 3.87. The number of anilines is 1. The number of nitrogens with zero attached hydrogens (tertiary/aromatic N) is 2. The van der Waals surface area contributed by atoms with Crippen molar-refractivity contribution in [3.63, 3.8) is 0 Å². The van der Waals surface area contributed by atoms with E-state index in [4.69, 9.17) is 4.74 Å². The molecule has 3 N–H and O–H groups in total. The van der Waals surface area contributed by atoms with Crippen LogP contribution < -0.4 is 16.0 Å². The first-order valence-corrected chi connectivity index (χ1v) is 12.1. The van der Waals surface area contributed by atoms with E-state index in [2.05, 4.69) is 74.5 Å². The van der Waals surface area contributed by atoms with Gasteiger partial charge in [-0.1, -0.05) is 25.1 Å². The third kappa shape index (κ3) is 8.53. The number of aliphatic imine (C=N–C) groups is 1. The molecule has 1 atom stereocenters. The second-order valence-electron chi connectivity index (χ2n) is 8.17. The monoisotopic (exact) mass is 571 g/mol. The van der Waals surface area contributed by atoms with E-state index in [1.807, 2.05) is 18.4 Å². The van der Waals surface area contributed by atoms with Crippen LogP contribution in [-0.2, 0) is 11.3 Å². The molecule has 8 heteroatoms. The van der Waals surface area contributed by atoms with Crippen molar-refractivity contribution in [2.75, 3.05) is 52.3 Å². The summed E-state index contributed by atoms with van der Waals surface area (Å²) in [6.45, 7) is 7.81. The Morgan fingerprint density at radius 1 is 1.19 bits per heavy atom. The Hall–Kier alpha value is -1.36. The molecule has 0 amide bonds. The second-order valence-corrected chi connectivity index (χ2v) is 9.15. The van der Waals surface area contributed by atoms with E-state index < -0.39 is 0 Å². The fourth-order valence-corrected chi connectivity index (χ4v) is 4.73. The van der Waals surface area contributed by atoms with Gasteiger partial charge in [0.2, 0.25) is 0 Å². The van der Waals surface area contributed by atoms with Crippen molar-refractivity contribution in [2.24, 2.45) is 10.9 Å². The molecule has 6 nitrogen and oxygen atoms in total. The maximum absolute atomic E-state index is 5.08.